The van der Waals surface area contributed by atoms with Crippen molar-refractivity contribution in [2.45, 2.75) is 143 Å². The van der Waals surface area contributed by atoms with Gasteiger partial charge in [-0.2, -0.15) is 13.2 Å². The maximum atomic E-state index is 13.2. The molecule has 5 heterocycles. The number of hydrogen-bond acceptors (Lipinski definition) is 22. The molecule has 6 amide bonds. The lowest BCUT2D eigenvalue weighted by atomic mass is 10.1. The number of para-hydroxylation sites is 1. The van der Waals surface area contributed by atoms with E-state index in [-0.39, 0.29) is 107 Å². The van der Waals surface area contributed by atoms with Gasteiger partial charge in [0.2, 0.25) is 0 Å². The highest BCUT2D eigenvalue weighted by Gasteiger charge is 2.34. The van der Waals surface area contributed by atoms with E-state index in [0.717, 1.165) is 58.8 Å². The monoisotopic (exact) mass is 1950 g/mol. The maximum absolute atomic E-state index is 13.2. The number of nitrogens with one attached hydrogen (secondary N) is 10. The molecule has 12 rings (SSSR count). The largest absolute Gasteiger partial charge is 0.573 e. The molecule has 0 saturated carbocycles. The van der Waals surface area contributed by atoms with Crippen LogP contribution in [0.3, 0.4) is 0 Å². The Bertz CT molecular complexity index is 6310. The Hall–Kier alpha value is -17.0. The van der Waals surface area contributed by atoms with E-state index in [2.05, 4.69) is 87.6 Å². The highest BCUT2D eigenvalue weighted by molar-refractivity contribution is 6.11. The Kier molecular flexibility index (Phi) is 40.4. The van der Waals surface area contributed by atoms with Gasteiger partial charge in [0.15, 0.2) is 5.69 Å². The molecule has 0 bridgehead atoms. The van der Waals surface area contributed by atoms with Crippen molar-refractivity contribution in [3.8, 4) is 11.5 Å². The molecule has 141 heavy (non-hydrogen) atoms. The van der Waals surface area contributed by atoms with E-state index in [1.54, 1.807) is 109 Å². The molecule has 13 N–H and O–H groups in total. The summed E-state index contributed by atoms with van der Waals surface area (Å²) in [6, 6.07) is 53.4. The Balaban J connectivity index is 0.000000211. The predicted molar refractivity (Wildman–Crippen MR) is 511 cm³/mol. The van der Waals surface area contributed by atoms with Gasteiger partial charge in [0.05, 0.1) is 68.8 Å². The minimum atomic E-state index is -4.86. The zero-order valence-electron chi connectivity index (χ0n) is 76.3. The van der Waals surface area contributed by atoms with Gasteiger partial charge in [0.25, 0.3) is 23.6 Å². The van der Waals surface area contributed by atoms with Crippen LogP contribution < -0.4 is 62.6 Å². The molecule has 12 aromatic rings. The first-order chi connectivity index (χ1) is 67.2. The van der Waals surface area contributed by atoms with Crippen LogP contribution in [-0.4, -0.2) is 124 Å². The average molecular weight is 1950 g/mol. The minimum absolute atomic E-state index is 0.0111. The number of carbonyl (C=O) groups excluding carboxylic acids is 8. The summed E-state index contributed by atoms with van der Waals surface area (Å²) in [5.41, 5.74) is 8.31. The molecule has 736 valence electrons. The standard InChI is InChI=1S/2C27H26F3N3O5.C27H26F3N3O4.C20H20N6O2/c1-2-4-21(34)13-20-15-24(32-19-5-3-6-22(14-19)38-27(28,29)30)23(16-31-20)26(37)33-18-10-7-17(8-11-18)9-12-25(35)36;1-2-3-21(34)14-20-15-24(32-18-9-11-22(12-10-18)38-27(28,29)30)23(16-31-20)26(37)33-19-7-4-17(5-8-19)6-13-25(35)36;1-2-4-22(34)14-21-15-24(32-20-6-3-5-18(13-20)27(28,29)30)23(16-31-21)26(37)33-19-10-7-17(8-11-19)9-12-25(35)36;1-2-22-20(28)26-16-11-17(24-14-7-4-3-5-8-14)18(23-13-16)19(27)25-15-9-6-10-21-12-15/h3,5-8,10-11,14-16H,2,4,9,12-13H2,1H3,(H,31,32)(H,33,37)(H,35,36);4-5,7-12,15-16H,2-3,6,13-14H2,1H3,(H,31,32)(H,33,37)(H,35,36);3,5-8,10-11,13,15-16H,2,4,9,12,14H2,1H3,(H,31,32)(H,33,37)(H,35,36);3-13,24H,2H2,1H3,(H,25,27)(H2,22,26,28). The van der Waals surface area contributed by atoms with Gasteiger partial charge in [-0.3, -0.25) is 67.9 Å². The third-order valence-corrected chi connectivity index (χ3v) is 19.7. The summed E-state index contributed by atoms with van der Waals surface area (Å²) >= 11 is 0. The minimum Gasteiger partial charge on any atom is -0.481 e. The highest BCUT2D eigenvalue weighted by atomic mass is 19.4. The number of hydrogen-bond donors (Lipinski definition) is 13. The van der Waals surface area contributed by atoms with Gasteiger partial charge in [-0.15, -0.1) is 26.3 Å². The van der Waals surface area contributed by atoms with Crippen molar-refractivity contribution in [3.63, 3.8) is 0 Å². The molecule has 0 unspecified atom stereocenters. The van der Waals surface area contributed by atoms with Gasteiger partial charge in [0, 0.05) is 152 Å². The van der Waals surface area contributed by atoms with Crippen LogP contribution >= 0.6 is 0 Å². The van der Waals surface area contributed by atoms with Crippen LogP contribution in [0.5, 0.6) is 11.5 Å². The summed E-state index contributed by atoms with van der Waals surface area (Å²) < 4.78 is 123. The number of rotatable bonds is 41. The number of carboxylic acids is 3. The number of carboxylic acid groups (broad SMARTS) is 3. The summed E-state index contributed by atoms with van der Waals surface area (Å²) in [5, 5.41) is 54.7. The Morgan fingerprint density at radius 3 is 1.10 bits per heavy atom. The fourth-order valence-electron chi connectivity index (χ4n) is 13.2. The van der Waals surface area contributed by atoms with Crippen LogP contribution in [0.25, 0.3) is 0 Å². The molecule has 0 atom stereocenters. The van der Waals surface area contributed by atoms with E-state index in [1.807, 2.05) is 58.0 Å². The fourth-order valence-corrected chi connectivity index (χ4v) is 13.2. The number of aryl methyl sites for hydroxylation is 3. The number of aliphatic carboxylic acids is 3. The number of pyridine rings is 5. The molecule has 0 fully saturated rings. The van der Waals surface area contributed by atoms with Crippen LogP contribution in [0.2, 0.25) is 0 Å². The molecular formula is C101H98F9N15O16. The number of ether oxygens (including phenoxy) is 2. The SMILES string of the molecule is CCCC(=O)Cc1cc(Nc2ccc(OC(F)(F)F)cc2)c(C(=O)Nc2ccc(CCC(=O)O)cc2)cn1.CCCC(=O)Cc1cc(Nc2cccc(C(F)(F)F)c2)c(C(=O)Nc2ccc(CCC(=O)O)cc2)cn1.CCCC(=O)Cc1cc(Nc2cccc(OC(F)(F)F)c2)c(C(=O)Nc2ccc(CCC(=O)O)cc2)cn1.CCNC(=O)Nc1cnc(C(=O)Nc2cccnc2)c(Nc2ccccc2)c1. The van der Waals surface area contributed by atoms with Crippen LogP contribution in [-0.2, 0) is 73.5 Å². The van der Waals surface area contributed by atoms with Crippen LogP contribution in [0.4, 0.5) is 118 Å². The van der Waals surface area contributed by atoms with Crippen molar-refractivity contribution in [1.29, 1.82) is 0 Å². The molecule has 0 saturated heterocycles. The number of urea groups is 1. The van der Waals surface area contributed by atoms with Crippen LogP contribution in [0.15, 0.2) is 250 Å². The Morgan fingerprint density at radius 1 is 0.326 bits per heavy atom. The number of Topliss-reactive ketones (excluding diaryl/α,β-unsaturated/α-hetero) is 3. The number of anilines is 13. The first-order valence-electron chi connectivity index (χ1n) is 43.9. The van der Waals surface area contributed by atoms with Crippen LogP contribution in [0.1, 0.15) is 166 Å². The summed E-state index contributed by atoms with van der Waals surface area (Å²) in [6.45, 7) is 7.96. The molecule has 0 spiro atoms. The molecule has 31 nitrogen and oxygen atoms in total. The first kappa shape index (κ1) is 108. The molecule has 40 heteroatoms. The van der Waals surface area contributed by atoms with E-state index in [0.29, 0.717) is 127 Å². The smallest absolute Gasteiger partial charge is 0.481 e. The second kappa shape index (κ2) is 52.9. The van der Waals surface area contributed by atoms with E-state index in [9.17, 15) is 92.3 Å². The number of carbonyl (C=O) groups is 11. The third-order valence-electron chi connectivity index (χ3n) is 19.7. The van der Waals surface area contributed by atoms with Crippen molar-refractivity contribution in [1.82, 2.24) is 30.2 Å². The van der Waals surface area contributed by atoms with Crippen LogP contribution in [0, 0.1) is 0 Å². The van der Waals surface area contributed by atoms with Crippen molar-refractivity contribution in [2.24, 2.45) is 0 Å². The van der Waals surface area contributed by atoms with E-state index < -0.39 is 77.5 Å². The molecule has 0 aliphatic rings. The Morgan fingerprint density at radius 2 is 0.702 bits per heavy atom. The normalized spacial score (nSPS) is 10.9. The Labute approximate surface area is 802 Å². The quantitative estimate of drug-likeness (QED) is 0.0158. The molecule has 0 aliphatic heterocycles. The lowest BCUT2D eigenvalue weighted by Gasteiger charge is -2.15. The number of halogens is 9. The molecule has 0 radical (unpaired) electrons. The van der Waals surface area contributed by atoms with E-state index >= 15 is 0 Å². The second-order valence-electron chi connectivity index (χ2n) is 31.1. The second-order valence-corrected chi connectivity index (χ2v) is 31.1. The zero-order valence-corrected chi connectivity index (χ0v) is 76.3. The highest BCUT2D eigenvalue weighted by Crippen LogP contribution is 2.36. The van der Waals surface area contributed by atoms with Crippen molar-refractivity contribution >= 4 is 139 Å². The first-order valence-corrected chi connectivity index (χ1v) is 43.9. The molecule has 7 aromatic carbocycles. The molecule has 5 aromatic heterocycles. The van der Waals surface area contributed by atoms with Crippen molar-refractivity contribution in [3.05, 3.63) is 311 Å². The summed E-state index contributed by atoms with van der Waals surface area (Å²) in [5.74, 6) is -5.67. The van der Waals surface area contributed by atoms with Gasteiger partial charge >= 0.3 is 42.8 Å². The van der Waals surface area contributed by atoms with E-state index in [4.69, 9.17) is 15.3 Å². The molecular weight excluding hydrogens is 1850 g/mol. The average Bonchev–Trinajstić information content (AvgIpc) is 0.823. The fraction of sp³-hybridized carbons (Fsp3) is 0.228. The number of amides is 6. The number of benzene rings is 7. The number of aromatic nitrogens is 5. The maximum Gasteiger partial charge on any atom is 0.573 e. The zero-order chi connectivity index (χ0) is 102. The topological polar surface area (TPSA) is 452 Å². The summed E-state index contributed by atoms with van der Waals surface area (Å²) in [7, 11) is 0. The number of nitrogens with zero attached hydrogens (tertiary/aromatic N) is 5. The van der Waals surface area contributed by atoms with Gasteiger partial charge in [-0.1, -0.05) is 87.5 Å². The number of alkyl halides is 9. The third kappa shape index (κ3) is 37.9. The lowest BCUT2D eigenvalue weighted by molar-refractivity contribution is -0.275. The van der Waals surface area contributed by atoms with Crippen molar-refractivity contribution in [2.75, 3.05) is 54.4 Å². The molecule has 0 aliphatic carbocycles. The summed E-state index contributed by atoms with van der Waals surface area (Å²) in [4.78, 5) is 153. The predicted octanol–water partition coefficient (Wildman–Crippen LogP) is 21.4. The van der Waals surface area contributed by atoms with Crippen molar-refractivity contribution < 1.29 is 117 Å². The summed E-state index contributed by atoms with van der Waals surface area (Å²) in [6.07, 6.45) is -1.43. The van der Waals surface area contributed by atoms with Gasteiger partial charge in [-0.05, 0) is 202 Å². The number of ketones is 3. The van der Waals surface area contributed by atoms with Gasteiger partial charge in [0.1, 0.15) is 28.8 Å². The van der Waals surface area contributed by atoms with Gasteiger partial charge in [-0.25, -0.2) is 9.78 Å². The van der Waals surface area contributed by atoms with E-state index in [1.165, 1.54) is 73.3 Å². The van der Waals surface area contributed by atoms with Gasteiger partial charge < -0.3 is 78.0 Å². The lowest BCUT2D eigenvalue weighted by Crippen LogP contribution is -2.28.